The van der Waals surface area contributed by atoms with Crippen molar-refractivity contribution >= 4 is 16.9 Å². The first-order valence-corrected chi connectivity index (χ1v) is 10.7. The SMILES string of the molecule is O=C1[C@H](Cc2ccccc2)N(Cn2nnc3ccccc32)CN1C1CCCCC1. The maximum atomic E-state index is 13.5. The first-order valence-electron chi connectivity index (χ1n) is 10.7. The smallest absolute Gasteiger partial charge is 0.241 e. The molecule has 2 aromatic carbocycles. The fourth-order valence-corrected chi connectivity index (χ4v) is 4.79. The van der Waals surface area contributed by atoms with Gasteiger partial charge in [-0.3, -0.25) is 9.69 Å². The van der Waals surface area contributed by atoms with Crippen LogP contribution in [0.5, 0.6) is 0 Å². The van der Waals surface area contributed by atoms with Gasteiger partial charge < -0.3 is 4.90 Å². The lowest BCUT2D eigenvalue weighted by atomic mass is 9.94. The molecule has 1 aliphatic heterocycles. The highest BCUT2D eigenvalue weighted by atomic mass is 16.2. The fourth-order valence-electron chi connectivity index (χ4n) is 4.79. The highest BCUT2D eigenvalue weighted by Crippen LogP contribution is 2.29. The molecule has 0 radical (unpaired) electrons. The van der Waals surface area contributed by atoms with Crippen LogP contribution in [-0.4, -0.2) is 49.5 Å². The van der Waals surface area contributed by atoms with E-state index in [-0.39, 0.29) is 11.9 Å². The molecule has 5 rings (SSSR count). The maximum Gasteiger partial charge on any atom is 0.241 e. The molecule has 1 atom stereocenters. The van der Waals surface area contributed by atoms with Crippen LogP contribution >= 0.6 is 0 Å². The molecule has 1 aromatic heterocycles. The van der Waals surface area contributed by atoms with Gasteiger partial charge in [0.25, 0.3) is 0 Å². The molecule has 2 heterocycles. The van der Waals surface area contributed by atoms with Crippen LogP contribution in [0.2, 0.25) is 0 Å². The van der Waals surface area contributed by atoms with E-state index in [0.717, 1.165) is 30.3 Å². The summed E-state index contributed by atoms with van der Waals surface area (Å²) in [5.41, 5.74) is 3.10. The van der Waals surface area contributed by atoms with Gasteiger partial charge in [-0.1, -0.05) is 66.9 Å². The van der Waals surface area contributed by atoms with Gasteiger partial charge in [-0.2, -0.15) is 0 Å². The first kappa shape index (κ1) is 18.3. The lowest BCUT2D eigenvalue weighted by Gasteiger charge is -2.31. The lowest BCUT2D eigenvalue weighted by Crippen LogP contribution is -2.40. The van der Waals surface area contributed by atoms with E-state index in [9.17, 15) is 4.79 Å². The van der Waals surface area contributed by atoms with Crippen LogP contribution in [0.3, 0.4) is 0 Å². The highest BCUT2D eigenvalue weighted by molar-refractivity contribution is 5.84. The van der Waals surface area contributed by atoms with Gasteiger partial charge in [-0.25, -0.2) is 4.68 Å². The minimum atomic E-state index is -0.151. The number of carbonyl (C=O) groups excluding carboxylic acids is 1. The molecule has 0 bridgehead atoms. The molecular formula is C23H27N5O. The van der Waals surface area contributed by atoms with Crippen LogP contribution in [0.1, 0.15) is 37.7 Å². The lowest BCUT2D eigenvalue weighted by molar-refractivity contribution is -0.131. The number of para-hydroxylation sites is 1. The van der Waals surface area contributed by atoms with Crippen molar-refractivity contribution in [3.05, 3.63) is 60.2 Å². The molecule has 3 aromatic rings. The zero-order valence-electron chi connectivity index (χ0n) is 16.7. The van der Waals surface area contributed by atoms with Gasteiger partial charge in [0.15, 0.2) is 0 Å². The van der Waals surface area contributed by atoms with Crippen LogP contribution in [0.4, 0.5) is 0 Å². The minimum Gasteiger partial charge on any atom is -0.325 e. The van der Waals surface area contributed by atoms with Crippen molar-refractivity contribution in [2.45, 2.75) is 57.3 Å². The third-order valence-corrected chi connectivity index (χ3v) is 6.37. The standard InChI is InChI=1S/C23H27N5O/c29-23-22(15-18-9-3-1-4-10-18)26(16-27(23)19-11-5-2-6-12-19)17-28-21-14-8-7-13-20(21)24-25-28/h1,3-4,7-10,13-14,19,22H,2,5-6,11-12,15-17H2/t22-/m0/s1. The monoisotopic (exact) mass is 389 g/mol. The molecule has 6 heteroatoms. The summed E-state index contributed by atoms with van der Waals surface area (Å²) in [4.78, 5) is 17.9. The summed E-state index contributed by atoms with van der Waals surface area (Å²) in [7, 11) is 0. The second-order valence-corrected chi connectivity index (χ2v) is 8.25. The van der Waals surface area contributed by atoms with Crippen LogP contribution in [0, 0.1) is 0 Å². The molecule has 29 heavy (non-hydrogen) atoms. The predicted molar refractivity (Wildman–Crippen MR) is 112 cm³/mol. The number of amides is 1. The summed E-state index contributed by atoms with van der Waals surface area (Å²) in [6.07, 6.45) is 6.74. The Balaban J connectivity index is 1.42. The molecule has 1 saturated carbocycles. The van der Waals surface area contributed by atoms with Crippen LogP contribution < -0.4 is 0 Å². The molecule has 0 unspecified atom stereocenters. The van der Waals surface area contributed by atoms with Gasteiger partial charge in [0.05, 0.1) is 24.9 Å². The number of rotatable bonds is 5. The molecule has 1 saturated heterocycles. The largest absolute Gasteiger partial charge is 0.325 e. The molecule has 1 aliphatic carbocycles. The van der Waals surface area contributed by atoms with Gasteiger partial charge in [0.1, 0.15) is 5.52 Å². The number of hydrogen-bond donors (Lipinski definition) is 0. The third kappa shape index (κ3) is 3.65. The summed E-state index contributed by atoms with van der Waals surface area (Å²) in [5.74, 6) is 0.269. The van der Waals surface area contributed by atoms with Gasteiger partial charge in [-0.05, 0) is 37.0 Å². The fraction of sp³-hybridized carbons (Fsp3) is 0.435. The third-order valence-electron chi connectivity index (χ3n) is 6.37. The second kappa shape index (κ2) is 7.95. The van der Waals surface area contributed by atoms with E-state index >= 15 is 0 Å². The average Bonchev–Trinajstić information content (AvgIpc) is 3.32. The first-order chi connectivity index (χ1) is 14.3. The summed E-state index contributed by atoms with van der Waals surface area (Å²) < 4.78 is 1.92. The Kier molecular flexibility index (Phi) is 5.02. The van der Waals surface area contributed by atoms with E-state index in [2.05, 4.69) is 32.2 Å². The number of nitrogens with zero attached hydrogens (tertiary/aromatic N) is 5. The number of fused-ring (bicyclic) bond motifs is 1. The van der Waals surface area contributed by atoms with E-state index in [1.54, 1.807) is 0 Å². The van der Waals surface area contributed by atoms with Crippen molar-refractivity contribution in [3.8, 4) is 0 Å². The predicted octanol–water partition coefficient (Wildman–Crippen LogP) is 3.43. The minimum absolute atomic E-state index is 0.151. The Labute approximate surface area is 171 Å². The van der Waals surface area contributed by atoms with Crippen molar-refractivity contribution in [1.82, 2.24) is 24.8 Å². The maximum absolute atomic E-state index is 13.5. The molecule has 2 fully saturated rings. The Morgan fingerprint density at radius 3 is 2.52 bits per heavy atom. The van der Waals surface area contributed by atoms with Crippen molar-refractivity contribution in [3.63, 3.8) is 0 Å². The second-order valence-electron chi connectivity index (χ2n) is 8.25. The molecule has 1 amide bonds. The molecule has 2 aliphatic rings. The molecule has 150 valence electrons. The van der Waals surface area contributed by atoms with Crippen molar-refractivity contribution < 1.29 is 4.79 Å². The number of aromatic nitrogens is 3. The normalized spacial score (nSPS) is 21.3. The summed E-state index contributed by atoms with van der Waals surface area (Å²) >= 11 is 0. The van der Waals surface area contributed by atoms with Gasteiger partial charge >= 0.3 is 0 Å². The van der Waals surface area contributed by atoms with E-state index in [0.29, 0.717) is 19.4 Å². The Bertz CT molecular complexity index is 979. The van der Waals surface area contributed by atoms with Gasteiger partial charge in [0.2, 0.25) is 5.91 Å². The Morgan fingerprint density at radius 1 is 0.931 bits per heavy atom. The zero-order valence-corrected chi connectivity index (χ0v) is 16.7. The van der Waals surface area contributed by atoms with E-state index < -0.39 is 0 Å². The molecule has 6 nitrogen and oxygen atoms in total. The molecule has 0 spiro atoms. The van der Waals surface area contributed by atoms with Crippen molar-refractivity contribution in [2.75, 3.05) is 6.67 Å². The van der Waals surface area contributed by atoms with Crippen LogP contribution in [0.15, 0.2) is 54.6 Å². The molecular weight excluding hydrogens is 362 g/mol. The Hall–Kier alpha value is -2.73. The van der Waals surface area contributed by atoms with Crippen LogP contribution in [-0.2, 0) is 17.9 Å². The summed E-state index contributed by atoms with van der Waals surface area (Å²) in [6.45, 7) is 1.25. The zero-order chi connectivity index (χ0) is 19.6. The van der Waals surface area contributed by atoms with Crippen molar-refractivity contribution in [1.29, 1.82) is 0 Å². The van der Waals surface area contributed by atoms with E-state index in [4.69, 9.17) is 0 Å². The van der Waals surface area contributed by atoms with Crippen molar-refractivity contribution in [2.24, 2.45) is 0 Å². The van der Waals surface area contributed by atoms with E-state index in [1.165, 1.54) is 24.8 Å². The number of benzene rings is 2. The summed E-state index contributed by atoms with van der Waals surface area (Å²) in [5, 5.41) is 8.64. The number of carbonyl (C=O) groups is 1. The average molecular weight is 390 g/mol. The topological polar surface area (TPSA) is 54.3 Å². The molecule has 0 N–H and O–H groups in total. The van der Waals surface area contributed by atoms with Gasteiger partial charge in [0, 0.05) is 6.04 Å². The van der Waals surface area contributed by atoms with Gasteiger partial charge in [-0.15, -0.1) is 5.10 Å². The Morgan fingerprint density at radius 2 is 1.69 bits per heavy atom. The quantitative estimate of drug-likeness (QED) is 0.671. The highest BCUT2D eigenvalue weighted by Gasteiger charge is 2.41. The van der Waals surface area contributed by atoms with Crippen LogP contribution in [0.25, 0.3) is 11.0 Å². The van der Waals surface area contributed by atoms with E-state index in [1.807, 2.05) is 47.1 Å². The summed E-state index contributed by atoms with van der Waals surface area (Å²) in [6, 6.07) is 18.6. The number of hydrogen-bond acceptors (Lipinski definition) is 4.